The summed E-state index contributed by atoms with van der Waals surface area (Å²) >= 11 is 0. The molecule has 0 saturated heterocycles. The fourth-order valence-electron chi connectivity index (χ4n) is 1.91. The van der Waals surface area contributed by atoms with Gasteiger partial charge < -0.3 is 14.4 Å². The highest BCUT2D eigenvalue weighted by molar-refractivity contribution is 5.28. The van der Waals surface area contributed by atoms with Gasteiger partial charge in [0, 0.05) is 6.54 Å². The van der Waals surface area contributed by atoms with E-state index in [9.17, 15) is 5.11 Å². The fraction of sp³-hybridized carbons (Fsp3) is 0.400. The van der Waals surface area contributed by atoms with Gasteiger partial charge in [0.05, 0.1) is 24.3 Å². The standard InChI is InChI=1S/C15H20N2O2/c1-3-8-17-11-16-9-14(17)10-19-15-6-4-13(5-7-15)12(2)18/h4-7,9,11-12,18H,3,8,10H2,1-2H3/t12-/m0/s1. The monoisotopic (exact) mass is 260 g/mol. The first-order valence-corrected chi connectivity index (χ1v) is 6.60. The third kappa shape index (κ3) is 3.58. The van der Waals surface area contributed by atoms with Crippen LogP contribution in [0.5, 0.6) is 5.75 Å². The molecule has 2 rings (SSSR count). The van der Waals surface area contributed by atoms with E-state index < -0.39 is 6.10 Å². The predicted octanol–water partition coefficient (Wildman–Crippen LogP) is 2.93. The lowest BCUT2D eigenvalue weighted by Crippen LogP contribution is -2.05. The second kappa shape index (κ2) is 6.38. The lowest BCUT2D eigenvalue weighted by Gasteiger charge is -2.10. The summed E-state index contributed by atoms with van der Waals surface area (Å²) in [7, 11) is 0. The number of aliphatic hydroxyl groups is 1. The minimum atomic E-state index is -0.444. The largest absolute Gasteiger partial charge is 0.487 e. The van der Waals surface area contributed by atoms with Gasteiger partial charge in [0.25, 0.3) is 0 Å². The molecular weight excluding hydrogens is 240 g/mol. The van der Waals surface area contributed by atoms with Crippen LogP contribution in [-0.2, 0) is 13.2 Å². The average molecular weight is 260 g/mol. The zero-order valence-corrected chi connectivity index (χ0v) is 11.4. The Labute approximate surface area is 113 Å². The van der Waals surface area contributed by atoms with Crippen molar-refractivity contribution >= 4 is 0 Å². The maximum absolute atomic E-state index is 9.44. The molecule has 2 aromatic rings. The smallest absolute Gasteiger partial charge is 0.130 e. The predicted molar refractivity (Wildman–Crippen MR) is 73.9 cm³/mol. The summed E-state index contributed by atoms with van der Waals surface area (Å²) in [5, 5.41) is 9.44. The number of ether oxygens (including phenoxy) is 1. The zero-order valence-electron chi connectivity index (χ0n) is 11.4. The molecule has 1 heterocycles. The first-order valence-electron chi connectivity index (χ1n) is 6.60. The van der Waals surface area contributed by atoms with Gasteiger partial charge in [-0.25, -0.2) is 4.98 Å². The average Bonchev–Trinajstić information content (AvgIpc) is 2.85. The van der Waals surface area contributed by atoms with Crippen LogP contribution in [0.4, 0.5) is 0 Å². The van der Waals surface area contributed by atoms with Gasteiger partial charge in [0.2, 0.25) is 0 Å². The molecule has 0 fully saturated rings. The van der Waals surface area contributed by atoms with Gasteiger partial charge in [-0.15, -0.1) is 0 Å². The minimum Gasteiger partial charge on any atom is -0.487 e. The topological polar surface area (TPSA) is 47.3 Å². The molecule has 0 unspecified atom stereocenters. The molecule has 0 spiro atoms. The molecule has 0 aliphatic heterocycles. The van der Waals surface area contributed by atoms with Crippen LogP contribution in [0, 0.1) is 0 Å². The third-order valence-corrected chi connectivity index (χ3v) is 3.01. The Kier molecular flexibility index (Phi) is 4.58. The van der Waals surface area contributed by atoms with Gasteiger partial charge >= 0.3 is 0 Å². The number of aryl methyl sites for hydroxylation is 1. The summed E-state index contributed by atoms with van der Waals surface area (Å²) in [6.07, 6.45) is 4.30. The Morgan fingerprint density at radius 3 is 2.68 bits per heavy atom. The van der Waals surface area contributed by atoms with Crippen molar-refractivity contribution in [1.82, 2.24) is 9.55 Å². The highest BCUT2D eigenvalue weighted by Crippen LogP contribution is 2.18. The van der Waals surface area contributed by atoms with Crippen LogP contribution in [-0.4, -0.2) is 14.7 Å². The number of hydrogen-bond acceptors (Lipinski definition) is 3. The van der Waals surface area contributed by atoms with E-state index in [1.165, 1.54) is 0 Å². The van der Waals surface area contributed by atoms with E-state index in [0.717, 1.165) is 30.0 Å². The number of benzene rings is 1. The molecule has 4 nitrogen and oxygen atoms in total. The van der Waals surface area contributed by atoms with Crippen molar-refractivity contribution in [2.45, 2.75) is 39.5 Å². The van der Waals surface area contributed by atoms with Crippen LogP contribution >= 0.6 is 0 Å². The Bertz CT molecular complexity index is 503. The molecule has 0 bridgehead atoms. The van der Waals surface area contributed by atoms with Gasteiger partial charge in [-0.2, -0.15) is 0 Å². The highest BCUT2D eigenvalue weighted by Gasteiger charge is 2.04. The molecule has 4 heteroatoms. The summed E-state index contributed by atoms with van der Waals surface area (Å²) in [6, 6.07) is 7.51. The van der Waals surface area contributed by atoms with E-state index in [1.807, 2.05) is 36.8 Å². The maximum Gasteiger partial charge on any atom is 0.130 e. The quantitative estimate of drug-likeness (QED) is 0.868. The molecule has 102 valence electrons. The summed E-state index contributed by atoms with van der Waals surface area (Å²) in [4.78, 5) is 4.14. The number of imidazole rings is 1. The lowest BCUT2D eigenvalue weighted by atomic mass is 10.1. The van der Waals surface area contributed by atoms with Crippen molar-refractivity contribution in [2.75, 3.05) is 0 Å². The minimum absolute atomic E-state index is 0.444. The van der Waals surface area contributed by atoms with Crippen LogP contribution in [0.2, 0.25) is 0 Å². The molecule has 1 aromatic carbocycles. The van der Waals surface area contributed by atoms with Crippen molar-refractivity contribution in [1.29, 1.82) is 0 Å². The number of hydrogen-bond donors (Lipinski definition) is 1. The van der Waals surface area contributed by atoms with Gasteiger partial charge in [0.1, 0.15) is 12.4 Å². The molecule has 1 N–H and O–H groups in total. The van der Waals surface area contributed by atoms with E-state index >= 15 is 0 Å². The molecule has 19 heavy (non-hydrogen) atoms. The van der Waals surface area contributed by atoms with Gasteiger partial charge in [-0.1, -0.05) is 19.1 Å². The number of rotatable bonds is 6. The third-order valence-electron chi connectivity index (χ3n) is 3.01. The van der Waals surface area contributed by atoms with Crippen molar-refractivity contribution in [3.05, 3.63) is 48.0 Å². The Morgan fingerprint density at radius 2 is 2.05 bits per heavy atom. The second-order valence-corrected chi connectivity index (χ2v) is 4.61. The van der Waals surface area contributed by atoms with Crippen molar-refractivity contribution in [3.63, 3.8) is 0 Å². The van der Waals surface area contributed by atoms with Gasteiger partial charge in [0.15, 0.2) is 0 Å². The van der Waals surface area contributed by atoms with E-state index in [-0.39, 0.29) is 0 Å². The molecule has 1 atom stereocenters. The van der Waals surface area contributed by atoms with Crippen molar-refractivity contribution < 1.29 is 9.84 Å². The number of aliphatic hydroxyl groups excluding tert-OH is 1. The Morgan fingerprint density at radius 1 is 1.32 bits per heavy atom. The first kappa shape index (κ1) is 13.6. The summed E-state index contributed by atoms with van der Waals surface area (Å²) in [5.74, 6) is 0.800. The lowest BCUT2D eigenvalue weighted by molar-refractivity contribution is 0.199. The normalized spacial score (nSPS) is 12.4. The van der Waals surface area contributed by atoms with Crippen LogP contribution in [0.1, 0.15) is 37.6 Å². The molecule has 0 saturated carbocycles. The van der Waals surface area contributed by atoms with Crippen molar-refractivity contribution in [3.8, 4) is 5.75 Å². The molecule has 0 aliphatic rings. The molecular formula is C15H20N2O2. The molecule has 1 aromatic heterocycles. The Balaban J connectivity index is 1.96. The number of nitrogens with zero attached hydrogens (tertiary/aromatic N) is 2. The summed E-state index contributed by atoms with van der Waals surface area (Å²) in [5.41, 5.74) is 1.96. The zero-order chi connectivity index (χ0) is 13.7. The van der Waals surface area contributed by atoms with Gasteiger partial charge in [-0.3, -0.25) is 0 Å². The molecule has 0 aliphatic carbocycles. The summed E-state index contributed by atoms with van der Waals surface area (Å²) in [6.45, 7) is 5.35. The molecule has 0 radical (unpaired) electrons. The Hall–Kier alpha value is -1.81. The maximum atomic E-state index is 9.44. The van der Waals surface area contributed by atoms with Crippen LogP contribution in [0.25, 0.3) is 0 Å². The number of aromatic nitrogens is 2. The van der Waals surface area contributed by atoms with Gasteiger partial charge in [-0.05, 0) is 31.0 Å². The highest BCUT2D eigenvalue weighted by atomic mass is 16.5. The van der Waals surface area contributed by atoms with Crippen LogP contribution in [0.3, 0.4) is 0 Å². The van der Waals surface area contributed by atoms with E-state index in [4.69, 9.17) is 4.74 Å². The summed E-state index contributed by atoms with van der Waals surface area (Å²) < 4.78 is 7.83. The fourth-order valence-corrected chi connectivity index (χ4v) is 1.91. The molecule has 0 amide bonds. The first-order chi connectivity index (χ1) is 9.20. The van der Waals surface area contributed by atoms with Crippen molar-refractivity contribution in [2.24, 2.45) is 0 Å². The van der Waals surface area contributed by atoms with Crippen LogP contribution < -0.4 is 4.74 Å². The SMILES string of the molecule is CCCn1cncc1COc1ccc([C@H](C)O)cc1. The second-order valence-electron chi connectivity index (χ2n) is 4.61. The van der Waals surface area contributed by atoms with Crippen LogP contribution in [0.15, 0.2) is 36.8 Å². The van der Waals surface area contributed by atoms with E-state index in [1.54, 1.807) is 6.92 Å². The van der Waals surface area contributed by atoms with E-state index in [0.29, 0.717) is 6.61 Å². The van der Waals surface area contributed by atoms with E-state index in [2.05, 4.69) is 16.5 Å².